The summed E-state index contributed by atoms with van der Waals surface area (Å²) in [6.07, 6.45) is 4.13. The van der Waals surface area contributed by atoms with Crippen LogP contribution in [0.25, 0.3) is 11.1 Å². The molecule has 1 N–H and O–H groups in total. The fraction of sp³-hybridized carbons (Fsp3) is 0.462. The molecule has 1 aliphatic rings. The highest BCUT2D eigenvalue weighted by Crippen LogP contribution is 2.40. The summed E-state index contributed by atoms with van der Waals surface area (Å²) in [5.74, 6) is 1.46. The molecule has 0 atom stereocenters. The third-order valence-corrected chi connectivity index (χ3v) is 3.02. The average molecular weight is 217 g/mol. The molecule has 0 bridgehead atoms. The molecule has 84 valence electrons. The molecule has 0 amide bonds. The topological polar surface area (TPSA) is 46.3 Å². The van der Waals surface area contributed by atoms with Crippen LogP contribution in [0.4, 0.5) is 0 Å². The molecule has 16 heavy (non-hydrogen) atoms. The number of hydrogen-bond acceptors (Lipinski definition) is 3. The Morgan fingerprint density at radius 1 is 1.38 bits per heavy atom. The van der Waals surface area contributed by atoms with Crippen molar-refractivity contribution in [3.8, 4) is 0 Å². The molecule has 1 heterocycles. The summed E-state index contributed by atoms with van der Waals surface area (Å²) >= 11 is 0. The molecule has 0 saturated heterocycles. The molecule has 1 aromatic carbocycles. The van der Waals surface area contributed by atoms with Crippen LogP contribution in [0.3, 0.4) is 0 Å². The van der Waals surface area contributed by atoms with E-state index in [4.69, 9.17) is 9.52 Å². The van der Waals surface area contributed by atoms with Crippen LogP contribution in [0.2, 0.25) is 0 Å². The second-order valence-corrected chi connectivity index (χ2v) is 4.46. The van der Waals surface area contributed by atoms with Crippen LogP contribution in [0.5, 0.6) is 0 Å². The maximum atomic E-state index is 8.79. The van der Waals surface area contributed by atoms with Gasteiger partial charge in [-0.05, 0) is 43.4 Å². The molecule has 3 heteroatoms. The number of aromatic nitrogens is 1. The van der Waals surface area contributed by atoms with Gasteiger partial charge in [0.15, 0.2) is 11.5 Å². The van der Waals surface area contributed by atoms with Crippen molar-refractivity contribution in [3.05, 3.63) is 29.7 Å². The van der Waals surface area contributed by atoms with Gasteiger partial charge in [0.1, 0.15) is 5.52 Å². The van der Waals surface area contributed by atoms with E-state index in [2.05, 4.69) is 17.1 Å². The summed E-state index contributed by atoms with van der Waals surface area (Å²) < 4.78 is 5.69. The number of hydrogen-bond donors (Lipinski definition) is 1. The lowest BCUT2D eigenvalue weighted by atomic mass is 10.1. The minimum absolute atomic E-state index is 0.240. The second kappa shape index (κ2) is 3.91. The van der Waals surface area contributed by atoms with Gasteiger partial charge in [0.25, 0.3) is 0 Å². The zero-order chi connectivity index (χ0) is 11.0. The number of aryl methyl sites for hydroxylation is 1. The highest BCUT2D eigenvalue weighted by atomic mass is 16.3. The van der Waals surface area contributed by atoms with Crippen molar-refractivity contribution >= 4 is 11.1 Å². The Balaban J connectivity index is 1.90. The quantitative estimate of drug-likeness (QED) is 0.856. The maximum Gasteiger partial charge on any atom is 0.198 e. The van der Waals surface area contributed by atoms with Gasteiger partial charge < -0.3 is 9.52 Å². The molecule has 1 aromatic heterocycles. The summed E-state index contributed by atoms with van der Waals surface area (Å²) in [6.45, 7) is 0.240. The van der Waals surface area contributed by atoms with E-state index in [0.717, 1.165) is 29.8 Å². The van der Waals surface area contributed by atoms with Crippen LogP contribution in [0, 0.1) is 0 Å². The number of rotatable bonds is 4. The minimum atomic E-state index is 0.240. The SMILES string of the molecule is OCCCc1ccc2oc(C3CC3)nc2c1. The third-order valence-electron chi connectivity index (χ3n) is 3.02. The normalized spacial score (nSPS) is 15.8. The first-order valence-corrected chi connectivity index (χ1v) is 5.87. The van der Waals surface area contributed by atoms with E-state index in [1.807, 2.05) is 6.07 Å². The summed E-state index contributed by atoms with van der Waals surface area (Å²) in [5, 5.41) is 8.79. The van der Waals surface area contributed by atoms with Gasteiger partial charge in [-0.3, -0.25) is 0 Å². The minimum Gasteiger partial charge on any atom is -0.440 e. The number of aliphatic hydroxyl groups excluding tert-OH is 1. The van der Waals surface area contributed by atoms with Crippen LogP contribution in [-0.2, 0) is 6.42 Å². The Morgan fingerprint density at radius 3 is 3.00 bits per heavy atom. The number of oxazole rings is 1. The summed E-state index contributed by atoms with van der Waals surface area (Å²) in [4.78, 5) is 4.51. The van der Waals surface area contributed by atoms with Gasteiger partial charge in [0.2, 0.25) is 0 Å². The lowest BCUT2D eigenvalue weighted by Gasteiger charge is -1.97. The van der Waals surface area contributed by atoms with Gasteiger partial charge in [0.05, 0.1) is 0 Å². The van der Waals surface area contributed by atoms with Crippen molar-refractivity contribution in [3.63, 3.8) is 0 Å². The molecule has 0 unspecified atom stereocenters. The maximum absolute atomic E-state index is 8.79. The second-order valence-electron chi connectivity index (χ2n) is 4.46. The predicted molar refractivity (Wildman–Crippen MR) is 61.4 cm³/mol. The number of fused-ring (bicyclic) bond motifs is 1. The van der Waals surface area contributed by atoms with Gasteiger partial charge in [-0.2, -0.15) is 0 Å². The van der Waals surface area contributed by atoms with E-state index >= 15 is 0 Å². The van der Waals surface area contributed by atoms with Gasteiger partial charge in [-0.15, -0.1) is 0 Å². The summed E-state index contributed by atoms with van der Waals surface area (Å²) in [5.41, 5.74) is 3.06. The lowest BCUT2D eigenvalue weighted by molar-refractivity contribution is 0.288. The monoisotopic (exact) mass is 217 g/mol. The van der Waals surface area contributed by atoms with Crippen molar-refractivity contribution in [2.75, 3.05) is 6.61 Å². The van der Waals surface area contributed by atoms with Gasteiger partial charge in [-0.1, -0.05) is 6.07 Å². The van der Waals surface area contributed by atoms with Crippen LogP contribution in [0.1, 0.15) is 36.6 Å². The molecule has 3 nitrogen and oxygen atoms in total. The van der Waals surface area contributed by atoms with E-state index in [0.29, 0.717) is 5.92 Å². The zero-order valence-electron chi connectivity index (χ0n) is 9.15. The first kappa shape index (κ1) is 9.85. The molecule has 0 spiro atoms. The lowest BCUT2D eigenvalue weighted by Crippen LogP contribution is -1.88. The first-order chi connectivity index (χ1) is 7.86. The summed E-state index contributed by atoms with van der Waals surface area (Å²) in [7, 11) is 0. The standard InChI is InChI=1S/C13H15NO2/c15-7-1-2-9-3-6-12-11(8-9)14-13(16-12)10-4-5-10/h3,6,8,10,15H,1-2,4-5,7H2. The first-order valence-electron chi connectivity index (χ1n) is 5.87. The molecule has 2 aromatic rings. The van der Waals surface area contributed by atoms with Crippen molar-refractivity contribution in [1.82, 2.24) is 4.98 Å². The molecule has 3 rings (SSSR count). The predicted octanol–water partition coefficient (Wildman–Crippen LogP) is 2.63. The average Bonchev–Trinajstić information content (AvgIpc) is 3.06. The van der Waals surface area contributed by atoms with E-state index in [1.165, 1.54) is 18.4 Å². The number of benzene rings is 1. The Labute approximate surface area is 94.1 Å². The van der Waals surface area contributed by atoms with Crippen molar-refractivity contribution in [2.24, 2.45) is 0 Å². The van der Waals surface area contributed by atoms with Crippen molar-refractivity contribution in [1.29, 1.82) is 0 Å². The number of aliphatic hydroxyl groups is 1. The molecule has 0 radical (unpaired) electrons. The smallest absolute Gasteiger partial charge is 0.198 e. The summed E-state index contributed by atoms with van der Waals surface area (Å²) in [6, 6.07) is 6.11. The Kier molecular flexibility index (Phi) is 2.40. The molecular weight excluding hydrogens is 202 g/mol. The fourth-order valence-electron chi connectivity index (χ4n) is 1.93. The van der Waals surface area contributed by atoms with E-state index in [1.54, 1.807) is 0 Å². The van der Waals surface area contributed by atoms with Gasteiger partial charge in [0, 0.05) is 12.5 Å². The third kappa shape index (κ3) is 1.83. The fourth-order valence-corrected chi connectivity index (χ4v) is 1.93. The highest BCUT2D eigenvalue weighted by Gasteiger charge is 2.28. The zero-order valence-corrected chi connectivity index (χ0v) is 9.15. The molecule has 1 saturated carbocycles. The number of nitrogens with zero attached hydrogens (tertiary/aromatic N) is 1. The van der Waals surface area contributed by atoms with Crippen LogP contribution >= 0.6 is 0 Å². The molecule has 1 aliphatic carbocycles. The molecule has 0 aliphatic heterocycles. The van der Waals surface area contributed by atoms with Gasteiger partial charge in [-0.25, -0.2) is 4.98 Å². The van der Waals surface area contributed by atoms with Crippen molar-refractivity contribution < 1.29 is 9.52 Å². The Bertz CT molecular complexity index is 500. The van der Waals surface area contributed by atoms with Gasteiger partial charge >= 0.3 is 0 Å². The molecule has 1 fully saturated rings. The van der Waals surface area contributed by atoms with Crippen LogP contribution < -0.4 is 0 Å². The van der Waals surface area contributed by atoms with E-state index in [9.17, 15) is 0 Å². The van der Waals surface area contributed by atoms with Crippen LogP contribution in [-0.4, -0.2) is 16.7 Å². The largest absolute Gasteiger partial charge is 0.440 e. The Hall–Kier alpha value is -1.35. The van der Waals surface area contributed by atoms with Crippen molar-refractivity contribution in [2.45, 2.75) is 31.6 Å². The Morgan fingerprint density at radius 2 is 2.25 bits per heavy atom. The highest BCUT2D eigenvalue weighted by molar-refractivity contribution is 5.73. The van der Waals surface area contributed by atoms with Crippen LogP contribution in [0.15, 0.2) is 22.6 Å². The van der Waals surface area contributed by atoms with E-state index in [-0.39, 0.29) is 6.61 Å². The van der Waals surface area contributed by atoms with E-state index < -0.39 is 0 Å². The molecular formula is C13H15NO2.